The third-order valence-electron chi connectivity index (χ3n) is 6.65. The maximum Gasteiger partial charge on any atom is 0.232 e. The highest BCUT2D eigenvalue weighted by atomic mass is 127. The first kappa shape index (κ1) is 22.3. The van der Waals surface area contributed by atoms with Crippen LogP contribution >= 0.6 is 24.0 Å². The fourth-order valence-corrected chi connectivity index (χ4v) is 4.76. The summed E-state index contributed by atoms with van der Waals surface area (Å²) >= 11 is 0. The number of carbonyl (C=O) groups excluding carboxylic acids is 1. The Labute approximate surface area is 191 Å². The van der Waals surface area contributed by atoms with E-state index >= 15 is 0 Å². The van der Waals surface area contributed by atoms with E-state index in [0.717, 1.165) is 24.6 Å². The van der Waals surface area contributed by atoms with E-state index in [4.69, 9.17) is 4.74 Å². The van der Waals surface area contributed by atoms with Crippen molar-refractivity contribution in [3.8, 4) is 0 Å². The Morgan fingerprint density at radius 1 is 1.14 bits per heavy atom. The van der Waals surface area contributed by atoms with Gasteiger partial charge in [-0.3, -0.25) is 9.79 Å². The van der Waals surface area contributed by atoms with Gasteiger partial charge in [0.15, 0.2) is 5.96 Å². The molecule has 29 heavy (non-hydrogen) atoms. The molecule has 6 nitrogen and oxygen atoms in total. The Hall–Kier alpha value is -1.35. The molecule has 2 heterocycles. The molecule has 1 aromatic carbocycles. The lowest BCUT2D eigenvalue weighted by Gasteiger charge is -2.38. The van der Waals surface area contributed by atoms with Crippen LogP contribution in [0.15, 0.2) is 35.3 Å². The van der Waals surface area contributed by atoms with Gasteiger partial charge < -0.3 is 19.9 Å². The van der Waals surface area contributed by atoms with Crippen LogP contribution < -0.4 is 5.32 Å². The van der Waals surface area contributed by atoms with Gasteiger partial charge in [0, 0.05) is 39.8 Å². The molecule has 1 spiro atoms. The molecular formula is C22H33IN4O2. The standard InChI is InChI=1S/C22H32N4O2.HI/c1-23-21(26-11-10-22(17-26)8-5-9-22)24-16-19(18-6-3-2-4-7-18)20(27)25-12-14-28-15-13-25;/h2-4,6-7,19H,5,8-17H2,1H3,(H,23,24);1H. The van der Waals surface area contributed by atoms with Crippen LogP contribution in [-0.4, -0.2) is 74.7 Å². The second-order valence-electron chi connectivity index (χ2n) is 8.35. The molecule has 1 amide bonds. The van der Waals surface area contributed by atoms with Gasteiger partial charge in [0.1, 0.15) is 0 Å². The van der Waals surface area contributed by atoms with E-state index in [0.29, 0.717) is 38.3 Å². The van der Waals surface area contributed by atoms with E-state index in [-0.39, 0.29) is 35.8 Å². The summed E-state index contributed by atoms with van der Waals surface area (Å²) in [7, 11) is 1.84. The van der Waals surface area contributed by atoms with Crippen LogP contribution in [0.2, 0.25) is 0 Å². The lowest BCUT2D eigenvalue weighted by atomic mass is 9.68. The minimum absolute atomic E-state index is 0. The van der Waals surface area contributed by atoms with Crippen molar-refractivity contribution in [3.05, 3.63) is 35.9 Å². The number of amides is 1. The highest BCUT2D eigenvalue weighted by molar-refractivity contribution is 14.0. The molecule has 160 valence electrons. The van der Waals surface area contributed by atoms with Gasteiger partial charge in [-0.15, -0.1) is 24.0 Å². The van der Waals surface area contributed by atoms with Crippen LogP contribution in [0.3, 0.4) is 0 Å². The highest BCUT2D eigenvalue weighted by Crippen LogP contribution is 2.47. The van der Waals surface area contributed by atoms with Gasteiger partial charge in [-0.25, -0.2) is 0 Å². The lowest BCUT2D eigenvalue weighted by molar-refractivity contribution is -0.136. The Bertz CT molecular complexity index is 702. The summed E-state index contributed by atoms with van der Waals surface area (Å²) in [5, 5.41) is 3.51. The molecule has 0 bridgehead atoms. The number of nitrogens with zero attached hydrogens (tertiary/aromatic N) is 3. The number of guanidine groups is 1. The van der Waals surface area contributed by atoms with Gasteiger partial charge in [0.25, 0.3) is 0 Å². The smallest absolute Gasteiger partial charge is 0.232 e. The van der Waals surface area contributed by atoms with Crippen LogP contribution in [0.4, 0.5) is 0 Å². The number of hydrogen-bond acceptors (Lipinski definition) is 3. The predicted octanol–water partition coefficient (Wildman–Crippen LogP) is 2.70. The third kappa shape index (κ3) is 5.05. The molecule has 1 atom stereocenters. The van der Waals surface area contributed by atoms with E-state index in [1.807, 2.05) is 42.3 Å². The topological polar surface area (TPSA) is 57.2 Å². The predicted molar refractivity (Wildman–Crippen MR) is 126 cm³/mol. The fourth-order valence-electron chi connectivity index (χ4n) is 4.76. The van der Waals surface area contributed by atoms with Gasteiger partial charge in [-0.1, -0.05) is 36.8 Å². The molecule has 0 aromatic heterocycles. The van der Waals surface area contributed by atoms with Crippen LogP contribution in [0.1, 0.15) is 37.2 Å². The Balaban J connectivity index is 0.00000240. The van der Waals surface area contributed by atoms with Gasteiger partial charge >= 0.3 is 0 Å². The first-order valence-corrected chi connectivity index (χ1v) is 10.6. The Morgan fingerprint density at radius 3 is 2.45 bits per heavy atom. The molecule has 0 radical (unpaired) electrons. The summed E-state index contributed by atoms with van der Waals surface area (Å²) in [6, 6.07) is 10.1. The zero-order valence-corrected chi connectivity index (χ0v) is 19.6. The zero-order chi connectivity index (χ0) is 19.4. The van der Waals surface area contributed by atoms with Crippen molar-refractivity contribution in [1.82, 2.24) is 15.1 Å². The molecule has 7 heteroatoms. The number of nitrogens with one attached hydrogen (secondary N) is 1. The number of carbonyl (C=O) groups is 1. The summed E-state index contributed by atoms with van der Waals surface area (Å²) in [5.74, 6) is 0.894. The average Bonchev–Trinajstić information content (AvgIpc) is 3.18. The second kappa shape index (κ2) is 10.1. The fraction of sp³-hybridized carbons (Fsp3) is 0.636. The summed E-state index contributed by atoms with van der Waals surface area (Å²) in [4.78, 5) is 22.1. The molecular weight excluding hydrogens is 479 g/mol. The Kier molecular flexibility index (Phi) is 7.79. The summed E-state index contributed by atoms with van der Waals surface area (Å²) in [5.41, 5.74) is 1.58. The molecule has 4 rings (SSSR count). The van der Waals surface area contributed by atoms with Gasteiger partial charge in [-0.2, -0.15) is 0 Å². The van der Waals surface area contributed by atoms with E-state index in [1.165, 1.54) is 25.7 Å². The van der Waals surface area contributed by atoms with Gasteiger partial charge in [0.05, 0.1) is 19.1 Å². The molecule has 1 aliphatic carbocycles. The molecule has 2 aliphatic heterocycles. The number of rotatable bonds is 4. The van der Waals surface area contributed by atoms with Crippen LogP contribution in [0.25, 0.3) is 0 Å². The van der Waals surface area contributed by atoms with Crippen molar-refractivity contribution < 1.29 is 9.53 Å². The number of likely N-dealkylation sites (tertiary alicyclic amines) is 1. The minimum Gasteiger partial charge on any atom is -0.378 e. The van der Waals surface area contributed by atoms with Crippen molar-refractivity contribution in [2.75, 3.05) is 53.0 Å². The van der Waals surface area contributed by atoms with Crippen LogP contribution in [-0.2, 0) is 9.53 Å². The average molecular weight is 512 g/mol. The van der Waals surface area contributed by atoms with Gasteiger partial charge in [0.2, 0.25) is 5.91 Å². The molecule has 1 aromatic rings. The summed E-state index contributed by atoms with van der Waals surface area (Å²) in [6.45, 7) is 5.32. The van der Waals surface area contributed by atoms with E-state index in [9.17, 15) is 4.79 Å². The first-order valence-electron chi connectivity index (χ1n) is 10.6. The molecule has 2 saturated heterocycles. The van der Waals surface area contributed by atoms with Crippen molar-refractivity contribution in [2.24, 2.45) is 10.4 Å². The quantitative estimate of drug-likeness (QED) is 0.383. The highest BCUT2D eigenvalue weighted by Gasteiger charge is 2.43. The van der Waals surface area contributed by atoms with Crippen molar-refractivity contribution >= 4 is 35.8 Å². The summed E-state index contributed by atoms with van der Waals surface area (Å²) < 4.78 is 5.42. The number of aliphatic imine (C=N–C) groups is 1. The monoisotopic (exact) mass is 512 g/mol. The normalized spacial score (nSPS) is 22.0. The molecule has 1 saturated carbocycles. The molecule has 1 N–H and O–H groups in total. The van der Waals surface area contributed by atoms with Crippen LogP contribution in [0.5, 0.6) is 0 Å². The number of benzene rings is 1. The van der Waals surface area contributed by atoms with E-state index in [2.05, 4.69) is 15.2 Å². The van der Waals surface area contributed by atoms with Crippen molar-refractivity contribution in [2.45, 2.75) is 31.6 Å². The van der Waals surface area contributed by atoms with Crippen molar-refractivity contribution in [1.29, 1.82) is 0 Å². The molecule has 3 aliphatic rings. The third-order valence-corrected chi connectivity index (χ3v) is 6.65. The number of ether oxygens (including phenoxy) is 1. The first-order chi connectivity index (χ1) is 13.7. The zero-order valence-electron chi connectivity index (χ0n) is 17.3. The number of halogens is 1. The minimum atomic E-state index is -0.212. The van der Waals surface area contributed by atoms with E-state index < -0.39 is 0 Å². The molecule has 3 fully saturated rings. The maximum absolute atomic E-state index is 13.3. The second-order valence-corrected chi connectivity index (χ2v) is 8.35. The number of hydrogen-bond donors (Lipinski definition) is 1. The summed E-state index contributed by atoms with van der Waals surface area (Å²) in [6.07, 6.45) is 5.33. The Morgan fingerprint density at radius 2 is 1.86 bits per heavy atom. The maximum atomic E-state index is 13.3. The largest absolute Gasteiger partial charge is 0.378 e. The SMILES string of the molecule is CN=C(NCC(C(=O)N1CCOCC1)c1ccccc1)N1CCC2(CCC2)C1.I. The van der Waals surface area contributed by atoms with Crippen molar-refractivity contribution in [3.63, 3.8) is 0 Å². The molecule has 1 unspecified atom stereocenters. The van der Waals surface area contributed by atoms with Crippen LogP contribution in [0, 0.1) is 5.41 Å². The van der Waals surface area contributed by atoms with Gasteiger partial charge in [-0.05, 0) is 30.2 Å². The lowest BCUT2D eigenvalue weighted by Crippen LogP contribution is -2.48. The number of morpholine rings is 1. The van der Waals surface area contributed by atoms with E-state index in [1.54, 1.807) is 0 Å².